The fourth-order valence-electron chi connectivity index (χ4n) is 1.66. The molecule has 2 aromatic rings. The Morgan fingerprint density at radius 2 is 2.20 bits per heavy atom. The normalized spacial score (nSPS) is 11.6. The molecule has 0 bridgehead atoms. The lowest BCUT2D eigenvalue weighted by molar-refractivity contribution is 0.588. The van der Waals surface area contributed by atoms with Gasteiger partial charge >= 0.3 is 0 Å². The van der Waals surface area contributed by atoms with Gasteiger partial charge in [0.05, 0.1) is 3.79 Å². The molecule has 0 saturated carbocycles. The van der Waals surface area contributed by atoms with Crippen LogP contribution in [-0.4, -0.2) is 27.5 Å². The zero-order chi connectivity index (χ0) is 14.8. The van der Waals surface area contributed by atoms with Gasteiger partial charge in [0.15, 0.2) is 0 Å². The SMILES string of the molecule is CNS(=O)(=O)c1ccc(N(C)Cc2csc(Br)c2)nc1. The highest BCUT2D eigenvalue weighted by atomic mass is 79.9. The van der Waals surface area contributed by atoms with Crippen molar-refractivity contribution in [3.63, 3.8) is 0 Å². The molecule has 2 heterocycles. The number of halogens is 1. The average Bonchev–Trinajstić information content (AvgIpc) is 2.84. The minimum atomic E-state index is -3.43. The van der Waals surface area contributed by atoms with Crippen molar-refractivity contribution in [1.29, 1.82) is 0 Å². The highest BCUT2D eigenvalue weighted by Crippen LogP contribution is 2.23. The van der Waals surface area contributed by atoms with Crippen LogP contribution >= 0.6 is 27.3 Å². The lowest BCUT2D eigenvalue weighted by atomic mass is 10.3. The number of pyridine rings is 1. The number of nitrogens with one attached hydrogen (secondary N) is 1. The van der Waals surface area contributed by atoms with Crippen LogP contribution in [0.15, 0.2) is 38.5 Å². The van der Waals surface area contributed by atoms with Crippen LogP contribution in [0.25, 0.3) is 0 Å². The molecule has 8 heteroatoms. The Morgan fingerprint density at radius 3 is 2.70 bits per heavy atom. The molecule has 2 aromatic heterocycles. The molecule has 0 radical (unpaired) electrons. The smallest absolute Gasteiger partial charge is 0.241 e. The molecule has 0 unspecified atom stereocenters. The maximum absolute atomic E-state index is 11.6. The second kappa shape index (κ2) is 6.21. The van der Waals surface area contributed by atoms with Crippen LogP contribution in [0, 0.1) is 0 Å². The third-order valence-electron chi connectivity index (χ3n) is 2.73. The van der Waals surface area contributed by atoms with E-state index in [0.717, 1.165) is 9.60 Å². The van der Waals surface area contributed by atoms with Gasteiger partial charge in [0.2, 0.25) is 10.0 Å². The van der Waals surface area contributed by atoms with Gasteiger partial charge in [-0.15, -0.1) is 11.3 Å². The summed E-state index contributed by atoms with van der Waals surface area (Å²) in [4.78, 5) is 6.32. The van der Waals surface area contributed by atoms with Crippen LogP contribution in [0.5, 0.6) is 0 Å². The molecule has 20 heavy (non-hydrogen) atoms. The maximum Gasteiger partial charge on any atom is 0.241 e. The molecule has 2 rings (SSSR count). The molecule has 0 amide bonds. The second-order valence-electron chi connectivity index (χ2n) is 4.17. The van der Waals surface area contributed by atoms with Crippen LogP contribution in [-0.2, 0) is 16.6 Å². The van der Waals surface area contributed by atoms with Crippen LogP contribution in [0.3, 0.4) is 0 Å². The lowest BCUT2D eigenvalue weighted by Crippen LogP contribution is -2.20. The van der Waals surface area contributed by atoms with Gasteiger partial charge < -0.3 is 4.90 Å². The minimum Gasteiger partial charge on any atom is -0.355 e. The van der Waals surface area contributed by atoms with E-state index in [0.29, 0.717) is 6.54 Å². The molecular formula is C12H14BrN3O2S2. The summed E-state index contributed by atoms with van der Waals surface area (Å²) in [6, 6.07) is 5.31. The Kier molecular flexibility index (Phi) is 4.79. The van der Waals surface area contributed by atoms with Gasteiger partial charge in [0.1, 0.15) is 10.7 Å². The quantitative estimate of drug-likeness (QED) is 0.871. The van der Waals surface area contributed by atoms with E-state index in [2.05, 4.69) is 37.1 Å². The predicted octanol–water partition coefficient (Wildman–Crippen LogP) is 2.45. The Morgan fingerprint density at radius 1 is 1.45 bits per heavy atom. The van der Waals surface area contributed by atoms with Crippen molar-refractivity contribution in [2.75, 3.05) is 19.0 Å². The summed E-state index contributed by atoms with van der Waals surface area (Å²) in [6.07, 6.45) is 1.36. The van der Waals surface area contributed by atoms with Crippen LogP contribution in [0.4, 0.5) is 5.82 Å². The molecule has 0 atom stereocenters. The summed E-state index contributed by atoms with van der Waals surface area (Å²) in [6.45, 7) is 0.716. The summed E-state index contributed by atoms with van der Waals surface area (Å²) < 4.78 is 26.6. The number of rotatable bonds is 5. The maximum atomic E-state index is 11.6. The molecule has 0 aliphatic heterocycles. The van der Waals surface area contributed by atoms with E-state index in [1.165, 1.54) is 18.8 Å². The first-order chi connectivity index (χ1) is 9.42. The largest absolute Gasteiger partial charge is 0.355 e. The first kappa shape index (κ1) is 15.4. The average molecular weight is 376 g/mol. The third kappa shape index (κ3) is 3.57. The standard InChI is InChI=1S/C12H14BrN3O2S2/c1-14-20(17,18)10-3-4-12(15-6-10)16(2)7-9-5-11(13)19-8-9/h3-6,8,14H,7H2,1-2H3. The van der Waals surface area contributed by atoms with E-state index in [4.69, 9.17) is 0 Å². The molecule has 0 aliphatic carbocycles. The Balaban J connectivity index is 2.13. The summed E-state index contributed by atoms with van der Waals surface area (Å²) in [5.41, 5.74) is 1.18. The van der Waals surface area contributed by atoms with Crippen molar-refractivity contribution in [3.8, 4) is 0 Å². The fraction of sp³-hybridized carbons (Fsp3) is 0.250. The number of anilines is 1. The topological polar surface area (TPSA) is 62.3 Å². The monoisotopic (exact) mass is 375 g/mol. The van der Waals surface area contributed by atoms with E-state index < -0.39 is 10.0 Å². The number of thiophene rings is 1. The highest BCUT2D eigenvalue weighted by Gasteiger charge is 2.12. The Bertz CT molecular complexity index is 683. The predicted molar refractivity (Wildman–Crippen MR) is 84.6 cm³/mol. The van der Waals surface area contributed by atoms with Crippen molar-refractivity contribution in [1.82, 2.24) is 9.71 Å². The van der Waals surface area contributed by atoms with Crippen molar-refractivity contribution in [2.24, 2.45) is 0 Å². The summed E-state index contributed by atoms with van der Waals surface area (Å²) in [5, 5.41) is 2.07. The molecule has 0 saturated heterocycles. The summed E-state index contributed by atoms with van der Waals surface area (Å²) in [7, 11) is -0.136. The molecule has 1 N–H and O–H groups in total. The number of nitrogens with zero attached hydrogens (tertiary/aromatic N) is 2. The number of sulfonamides is 1. The van der Waals surface area contributed by atoms with Crippen molar-refractivity contribution >= 4 is 43.1 Å². The zero-order valence-electron chi connectivity index (χ0n) is 11.0. The highest BCUT2D eigenvalue weighted by molar-refractivity contribution is 9.11. The molecule has 0 aromatic carbocycles. The van der Waals surface area contributed by atoms with E-state index in [9.17, 15) is 8.42 Å². The van der Waals surface area contributed by atoms with E-state index in [-0.39, 0.29) is 4.90 Å². The molecule has 0 aliphatic rings. The number of hydrogen-bond acceptors (Lipinski definition) is 5. The van der Waals surface area contributed by atoms with Gasteiger partial charge in [0.25, 0.3) is 0 Å². The summed E-state index contributed by atoms with van der Waals surface area (Å²) >= 11 is 5.06. The molecule has 0 spiro atoms. The molecule has 108 valence electrons. The lowest BCUT2D eigenvalue weighted by Gasteiger charge is -2.17. The Labute approximate surface area is 130 Å². The number of hydrogen-bond donors (Lipinski definition) is 1. The fourth-order valence-corrected chi connectivity index (χ4v) is 3.53. The Hall–Kier alpha value is -0.960. The van der Waals surface area contributed by atoms with Crippen molar-refractivity contribution < 1.29 is 8.42 Å². The second-order valence-corrected chi connectivity index (χ2v) is 8.35. The summed E-state index contributed by atoms with van der Waals surface area (Å²) in [5.74, 6) is 0.724. The van der Waals surface area contributed by atoms with E-state index >= 15 is 0 Å². The van der Waals surface area contributed by atoms with Crippen LogP contribution in [0.1, 0.15) is 5.56 Å². The molecule has 0 fully saturated rings. The number of aromatic nitrogens is 1. The third-order valence-corrected chi connectivity index (χ3v) is 5.69. The van der Waals surface area contributed by atoms with Crippen molar-refractivity contribution in [2.45, 2.75) is 11.4 Å². The van der Waals surface area contributed by atoms with E-state index in [1.807, 2.05) is 11.9 Å². The molecular weight excluding hydrogens is 362 g/mol. The van der Waals surface area contributed by atoms with Gasteiger partial charge in [-0.3, -0.25) is 0 Å². The van der Waals surface area contributed by atoms with Gasteiger partial charge in [-0.25, -0.2) is 18.1 Å². The van der Waals surface area contributed by atoms with Gasteiger partial charge in [-0.1, -0.05) is 0 Å². The van der Waals surface area contributed by atoms with Gasteiger partial charge in [0, 0.05) is 19.8 Å². The van der Waals surface area contributed by atoms with Crippen LogP contribution in [0.2, 0.25) is 0 Å². The van der Waals surface area contributed by atoms with Gasteiger partial charge in [-0.05, 0) is 52.1 Å². The first-order valence-corrected chi connectivity index (χ1v) is 8.91. The zero-order valence-corrected chi connectivity index (χ0v) is 14.2. The van der Waals surface area contributed by atoms with Gasteiger partial charge in [-0.2, -0.15) is 0 Å². The van der Waals surface area contributed by atoms with E-state index in [1.54, 1.807) is 23.5 Å². The van der Waals surface area contributed by atoms with Crippen molar-refractivity contribution in [3.05, 3.63) is 39.1 Å². The van der Waals surface area contributed by atoms with Crippen LogP contribution < -0.4 is 9.62 Å². The molecule has 5 nitrogen and oxygen atoms in total. The first-order valence-electron chi connectivity index (χ1n) is 5.76. The minimum absolute atomic E-state index is 0.162.